The zero-order chi connectivity index (χ0) is 12.3. The molecule has 0 spiro atoms. The summed E-state index contributed by atoms with van der Waals surface area (Å²) in [4.78, 5) is 1.50. The molecule has 1 saturated heterocycles. The van der Waals surface area contributed by atoms with Gasteiger partial charge in [-0.05, 0) is 31.5 Å². The Hall–Kier alpha value is -1.01. The summed E-state index contributed by atoms with van der Waals surface area (Å²) in [6.45, 7) is 5.16. The van der Waals surface area contributed by atoms with Crippen LogP contribution in [0, 0.1) is 0 Å². The number of aryl methyl sites for hydroxylation is 1. The van der Waals surface area contributed by atoms with Gasteiger partial charge in [-0.2, -0.15) is 4.80 Å². The second-order valence-corrected chi connectivity index (χ2v) is 4.63. The van der Waals surface area contributed by atoms with Gasteiger partial charge in [0, 0.05) is 12.5 Å². The largest absolute Gasteiger partial charge is 0.374 e. The summed E-state index contributed by atoms with van der Waals surface area (Å²) < 4.78 is 5.91. The first-order valence-corrected chi connectivity index (χ1v) is 6.30. The predicted molar refractivity (Wildman–Crippen MR) is 63.5 cm³/mol. The van der Waals surface area contributed by atoms with Crippen molar-refractivity contribution in [1.29, 1.82) is 0 Å². The molecule has 2 heterocycles. The summed E-state index contributed by atoms with van der Waals surface area (Å²) >= 11 is 0. The van der Waals surface area contributed by atoms with E-state index in [4.69, 9.17) is 4.74 Å². The minimum Gasteiger partial charge on any atom is -0.374 e. The Labute approximate surface area is 102 Å². The highest BCUT2D eigenvalue weighted by atomic mass is 16.5. The number of hydrogen-bond acceptors (Lipinski definition) is 5. The van der Waals surface area contributed by atoms with Crippen LogP contribution in [-0.4, -0.2) is 45.0 Å². The van der Waals surface area contributed by atoms with Crippen LogP contribution >= 0.6 is 0 Å². The van der Waals surface area contributed by atoms with Crippen molar-refractivity contribution < 1.29 is 4.74 Å². The number of tetrazole rings is 1. The molecule has 1 fully saturated rings. The molecule has 0 aliphatic carbocycles. The first-order chi connectivity index (χ1) is 8.19. The molecule has 0 bridgehead atoms. The molecule has 3 unspecified atom stereocenters. The summed E-state index contributed by atoms with van der Waals surface area (Å²) in [6, 6.07) is 0.286. The lowest BCUT2D eigenvalue weighted by Gasteiger charge is -2.23. The molecule has 1 aromatic rings. The molecule has 6 nitrogen and oxygen atoms in total. The Kier molecular flexibility index (Phi) is 4.06. The quantitative estimate of drug-likeness (QED) is 0.800. The Morgan fingerprint density at radius 3 is 2.88 bits per heavy atom. The van der Waals surface area contributed by atoms with Crippen molar-refractivity contribution in [2.24, 2.45) is 7.05 Å². The Balaban J connectivity index is 1.97. The first-order valence-electron chi connectivity index (χ1n) is 6.30. The number of likely N-dealkylation sites (N-methyl/N-ethyl adjacent to an activating group) is 1. The number of nitrogens with zero attached hydrogens (tertiary/aromatic N) is 4. The van der Waals surface area contributed by atoms with Gasteiger partial charge in [0.15, 0.2) is 5.82 Å². The van der Waals surface area contributed by atoms with Crippen LogP contribution in [0.1, 0.15) is 32.5 Å². The van der Waals surface area contributed by atoms with Gasteiger partial charge in [0.05, 0.1) is 19.3 Å². The molecule has 0 amide bonds. The molecular formula is C11H21N5O. The van der Waals surface area contributed by atoms with Gasteiger partial charge in [-0.3, -0.25) is 0 Å². The third-order valence-corrected chi connectivity index (χ3v) is 3.13. The maximum atomic E-state index is 5.91. The predicted octanol–water partition coefficient (Wildman–Crippen LogP) is 0.298. The van der Waals surface area contributed by atoms with E-state index in [0.29, 0.717) is 6.10 Å². The normalized spacial score (nSPS) is 26.3. The van der Waals surface area contributed by atoms with Gasteiger partial charge in [0.25, 0.3) is 0 Å². The fraction of sp³-hybridized carbons (Fsp3) is 0.909. The van der Waals surface area contributed by atoms with Crippen LogP contribution in [0.25, 0.3) is 0 Å². The maximum absolute atomic E-state index is 5.91. The molecule has 1 aliphatic rings. The zero-order valence-electron chi connectivity index (χ0n) is 10.8. The number of ether oxygens (including phenoxy) is 1. The monoisotopic (exact) mass is 239 g/mol. The molecule has 1 N–H and O–H groups in total. The van der Waals surface area contributed by atoms with E-state index in [-0.39, 0.29) is 12.1 Å². The van der Waals surface area contributed by atoms with Crippen molar-refractivity contribution in [2.45, 2.75) is 51.4 Å². The number of rotatable bonds is 5. The lowest BCUT2D eigenvalue weighted by atomic mass is 10.0. The van der Waals surface area contributed by atoms with E-state index in [2.05, 4.69) is 34.6 Å². The summed E-state index contributed by atoms with van der Waals surface area (Å²) in [7, 11) is 1.78. The average Bonchev–Trinajstić information content (AvgIpc) is 2.87. The fourth-order valence-corrected chi connectivity index (χ4v) is 2.33. The molecule has 2 rings (SSSR count). The molecule has 0 saturated carbocycles. The summed E-state index contributed by atoms with van der Waals surface area (Å²) in [5.74, 6) is 0.779. The number of nitrogens with one attached hydrogen (secondary N) is 1. The smallest absolute Gasteiger partial charge is 0.176 e. The SMILES string of the molecule is CCNC(Cc1nnn(C)n1)C1CCC(C)O1. The van der Waals surface area contributed by atoms with E-state index >= 15 is 0 Å². The Morgan fingerprint density at radius 2 is 2.35 bits per heavy atom. The van der Waals surface area contributed by atoms with Gasteiger partial charge in [-0.1, -0.05) is 6.92 Å². The molecular weight excluding hydrogens is 218 g/mol. The average molecular weight is 239 g/mol. The first kappa shape index (κ1) is 12.4. The molecule has 1 aliphatic heterocycles. The lowest BCUT2D eigenvalue weighted by Crippen LogP contribution is -2.41. The minimum atomic E-state index is 0.272. The summed E-state index contributed by atoms with van der Waals surface area (Å²) in [5.41, 5.74) is 0. The van der Waals surface area contributed by atoms with E-state index in [1.54, 1.807) is 7.05 Å². The van der Waals surface area contributed by atoms with Gasteiger partial charge in [0.2, 0.25) is 0 Å². The van der Waals surface area contributed by atoms with Crippen LogP contribution in [0.5, 0.6) is 0 Å². The highest BCUT2D eigenvalue weighted by Crippen LogP contribution is 2.22. The van der Waals surface area contributed by atoms with Gasteiger partial charge in [-0.25, -0.2) is 0 Å². The van der Waals surface area contributed by atoms with Crippen molar-refractivity contribution >= 4 is 0 Å². The number of hydrogen-bond donors (Lipinski definition) is 1. The maximum Gasteiger partial charge on any atom is 0.176 e. The van der Waals surface area contributed by atoms with Crippen molar-refractivity contribution in [2.75, 3.05) is 6.54 Å². The molecule has 96 valence electrons. The summed E-state index contributed by atoms with van der Waals surface area (Å²) in [6.07, 6.45) is 3.67. The van der Waals surface area contributed by atoms with Crippen molar-refractivity contribution in [3.05, 3.63) is 5.82 Å². The van der Waals surface area contributed by atoms with Gasteiger partial charge in [0.1, 0.15) is 0 Å². The highest BCUT2D eigenvalue weighted by molar-refractivity contribution is 4.91. The summed E-state index contributed by atoms with van der Waals surface area (Å²) in [5, 5.41) is 15.6. The second kappa shape index (κ2) is 5.55. The van der Waals surface area contributed by atoms with Crippen LogP contribution in [0.4, 0.5) is 0 Å². The minimum absolute atomic E-state index is 0.272. The third kappa shape index (κ3) is 3.23. The standard InChI is InChI=1S/C11H21N5O/c1-4-12-9(10-6-5-8(2)17-10)7-11-13-15-16(3)14-11/h8-10,12H,4-7H2,1-3H3. The van der Waals surface area contributed by atoms with E-state index in [0.717, 1.165) is 31.6 Å². The fourth-order valence-electron chi connectivity index (χ4n) is 2.33. The third-order valence-electron chi connectivity index (χ3n) is 3.13. The number of aromatic nitrogens is 4. The van der Waals surface area contributed by atoms with Crippen LogP contribution in [-0.2, 0) is 18.2 Å². The van der Waals surface area contributed by atoms with E-state index in [9.17, 15) is 0 Å². The van der Waals surface area contributed by atoms with Gasteiger partial charge in [-0.15, -0.1) is 10.2 Å². The van der Waals surface area contributed by atoms with Crippen molar-refractivity contribution in [1.82, 2.24) is 25.5 Å². The molecule has 17 heavy (non-hydrogen) atoms. The molecule has 6 heteroatoms. The van der Waals surface area contributed by atoms with E-state index in [1.165, 1.54) is 4.80 Å². The molecule has 0 radical (unpaired) electrons. The van der Waals surface area contributed by atoms with E-state index in [1.807, 2.05) is 0 Å². The van der Waals surface area contributed by atoms with Crippen molar-refractivity contribution in [3.63, 3.8) is 0 Å². The second-order valence-electron chi connectivity index (χ2n) is 4.63. The van der Waals surface area contributed by atoms with Crippen LogP contribution in [0.2, 0.25) is 0 Å². The van der Waals surface area contributed by atoms with E-state index < -0.39 is 0 Å². The van der Waals surface area contributed by atoms with Gasteiger partial charge < -0.3 is 10.1 Å². The molecule has 1 aromatic heterocycles. The highest BCUT2D eigenvalue weighted by Gasteiger charge is 2.30. The lowest BCUT2D eigenvalue weighted by molar-refractivity contribution is 0.0319. The van der Waals surface area contributed by atoms with Gasteiger partial charge >= 0.3 is 0 Å². The van der Waals surface area contributed by atoms with Crippen LogP contribution in [0.3, 0.4) is 0 Å². The van der Waals surface area contributed by atoms with Crippen molar-refractivity contribution in [3.8, 4) is 0 Å². The topological polar surface area (TPSA) is 64.9 Å². The Morgan fingerprint density at radius 1 is 1.53 bits per heavy atom. The molecule has 3 atom stereocenters. The van der Waals surface area contributed by atoms with Crippen LogP contribution in [0.15, 0.2) is 0 Å². The zero-order valence-corrected chi connectivity index (χ0v) is 10.8. The van der Waals surface area contributed by atoms with Crippen LogP contribution < -0.4 is 5.32 Å². The molecule has 0 aromatic carbocycles. The Bertz CT molecular complexity index is 353.